The number of ether oxygens (including phenoxy) is 1. The zero-order valence-corrected chi connectivity index (χ0v) is 15.2. The monoisotopic (exact) mass is 355 g/mol. The smallest absolute Gasteiger partial charge is 0.345 e. The van der Waals surface area contributed by atoms with Crippen molar-refractivity contribution in [2.45, 2.75) is 39.2 Å². The Morgan fingerprint density at radius 2 is 1.62 bits per heavy atom. The Morgan fingerprint density at radius 1 is 1.04 bits per heavy atom. The number of hydrogen-bond donors (Lipinski definition) is 0. The van der Waals surface area contributed by atoms with Crippen LogP contribution in [0.25, 0.3) is 0 Å². The van der Waals surface area contributed by atoms with Crippen molar-refractivity contribution in [2.24, 2.45) is 0 Å². The molecule has 1 unspecified atom stereocenters. The van der Waals surface area contributed by atoms with Gasteiger partial charge in [0.05, 0.1) is 4.92 Å². The Hall–Kier alpha value is -3.02. The quantitative estimate of drug-likeness (QED) is 0.345. The van der Waals surface area contributed by atoms with E-state index in [2.05, 4.69) is 20.8 Å². The molecule has 0 N–H and O–H groups in total. The molecule has 0 aliphatic rings. The topological polar surface area (TPSA) is 86.5 Å². The molecular weight excluding hydrogens is 334 g/mol. The number of ketones is 1. The van der Waals surface area contributed by atoms with Gasteiger partial charge in [-0.15, -0.1) is 0 Å². The van der Waals surface area contributed by atoms with E-state index in [1.165, 1.54) is 31.2 Å². The summed E-state index contributed by atoms with van der Waals surface area (Å²) in [5, 5.41) is 11.0. The Balaban J connectivity index is 2.14. The van der Waals surface area contributed by atoms with E-state index in [1.807, 2.05) is 12.1 Å². The third kappa shape index (κ3) is 4.33. The summed E-state index contributed by atoms with van der Waals surface area (Å²) in [6, 6.07) is 12.6. The van der Waals surface area contributed by atoms with Crippen molar-refractivity contribution in [3.63, 3.8) is 0 Å². The maximum absolute atomic E-state index is 12.5. The SMILES string of the molecule is CC(OC(=O)c1ccccc1[N+](=O)[O-])C(=O)c1ccc(C(C)(C)C)cc1. The van der Waals surface area contributed by atoms with Crippen molar-refractivity contribution in [1.82, 2.24) is 0 Å². The van der Waals surface area contributed by atoms with Crippen LogP contribution in [0, 0.1) is 10.1 Å². The molecule has 0 fully saturated rings. The Morgan fingerprint density at radius 3 is 2.15 bits per heavy atom. The normalized spacial score (nSPS) is 12.3. The molecule has 2 aromatic rings. The summed E-state index contributed by atoms with van der Waals surface area (Å²) in [5.41, 5.74) is 0.928. The molecule has 0 aliphatic heterocycles. The Kier molecular flexibility index (Phi) is 5.55. The predicted molar refractivity (Wildman–Crippen MR) is 97.4 cm³/mol. The molecule has 0 heterocycles. The fraction of sp³-hybridized carbons (Fsp3) is 0.300. The highest BCUT2D eigenvalue weighted by atomic mass is 16.6. The van der Waals surface area contributed by atoms with Crippen molar-refractivity contribution in [3.05, 3.63) is 75.3 Å². The fourth-order valence-corrected chi connectivity index (χ4v) is 2.45. The van der Waals surface area contributed by atoms with E-state index in [4.69, 9.17) is 4.74 Å². The summed E-state index contributed by atoms with van der Waals surface area (Å²) in [6.45, 7) is 7.66. The van der Waals surface area contributed by atoms with Crippen molar-refractivity contribution in [3.8, 4) is 0 Å². The van der Waals surface area contributed by atoms with Crippen molar-refractivity contribution in [1.29, 1.82) is 0 Å². The fourth-order valence-electron chi connectivity index (χ4n) is 2.45. The van der Waals surface area contributed by atoms with E-state index in [0.717, 1.165) is 5.56 Å². The second-order valence-corrected chi connectivity index (χ2v) is 7.01. The van der Waals surface area contributed by atoms with Crippen LogP contribution in [0.2, 0.25) is 0 Å². The van der Waals surface area contributed by atoms with Crippen LogP contribution in [0.3, 0.4) is 0 Å². The number of esters is 1. The molecular formula is C20H21NO5. The summed E-state index contributed by atoms with van der Waals surface area (Å²) in [6.07, 6.45) is -1.05. The van der Waals surface area contributed by atoms with Crippen LogP contribution in [0.5, 0.6) is 0 Å². The van der Waals surface area contributed by atoms with Crippen molar-refractivity contribution < 1.29 is 19.2 Å². The summed E-state index contributed by atoms with van der Waals surface area (Å²) in [5.74, 6) is -1.26. The number of Topliss-reactive ketones (excluding diaryl/α,β-unsaturated/α-hetero) is 1. The molecule has 1 atom stereocenters. The van der Waals surface area contributed by atoms with Gasteiger partial charge in [0.2, 0.25) is 5.78 Å². The second-order valence-electron chi connectivity index (χ2n) is 7.01. The third-order valence-electron chi connectivity index (χ3n) is 4.01. The second kappa shape index (κ2) is 7.47. The molecule has 6 nitrogen and oxygen atoms in total. The summed E-state index contributed by atoms with van der Waals surface area (Å²) >= 11 is 0. The van der Waals surface area contributed by atoms with Crippen molar-refractivity contribution in [2.75, 3.05) is 0 Å². The largest absolute Gasteiger partial charge is 0.450 e. The molecule has 26 heavy (non-hydrogen) atoms. The molecule has 0 saturated heterocycles. The average Bonchev–Trinajstić information content (AvgIpc) is 2.60. The lowest BCUT2D eigenvalue weighted by Gasteiger charge is -2.19. The van der Waals surface area contributed by atoms with Gasteiger partial charge in [0, 0.05) is 11.6 Å². The van der Waals surface area contributed by atoms with Gasteiger partial charge in [-0.25, -0.2) is 4.79 Å². The van der Waals surface area contributed by atoms with Gasteiger partial charge in [0.1, 0.15) is 5.56 Å². The zero-order chi connectivity index (χ0) is 19.5. The minimum Gasteiger partial charge on any atom is -0.450 e. The highest BCUT2D eigenvalue weighted by molar-refractivity contribution is 6.02. The van der Waals surface area contributed by atoms with E-state index in [0.29, 0.717) is 5.56 Å². The molecule has 0 aromatic heterocycles. The summed E-state index contributed by atoms with van der Waals surface area (Å²) < 4.78 is 5.15. The van der Waals surface area contributed by atoms with Gasteiger partial charge in [-0.2, -0.15) is 0 Å². The number of nitrogens with zero attached hydrogens (tertiary/aromatic N) is 1. The third-order valence-corrected chi connectivity index (χ3v) is 4.01. The molecule has 0 radical (unpaired) electrons. The molecule has 0 spiro atoms. The van der Waals surface area contributed by atoms with Crippen LogP contribution < -0.4 is 0 Å². The number of hydrogen-bond acceptors (Lipinski definition) is 5. The van der Waals surface area contributed by atoms with Crippen LogP contribution in [0.4, 0.5) is 5.69 Å². The van der Waals surface area contributed by atoms with E-state index in [1.54, 1.807) is 12.1 Å². The highest BCUT2D eigenvalue weighted by Gasteiger charge is 2.25. The number of nitro groups is 1. The number of carbonyl (C=O) groups excluding carboxylic acids is 2. The first-order valence-corrected chi connectivity index (χ1v) is 8.20. The summed E-state index contributed by atoms with van der Waals surface area (Å²) in [4.78, 5) is 35.1. The van der Waals surface area contributed by atoms with E-state index in [-0.39, 0.29) is 22.4 Å². The van der Waals surface area contributed by atoms with Gasteiger partial charge in [0.15, 0.2) is 6.10 Å². The molecule has 0 amide bonds. The predicted octanol–water partition coefficient (Wildman–Crippen LogP) is 4.32. The van der Waals surface area contributed by atoms with Gasteiger partial charge in [-0.1, -0.05) is 57.2 Å². The zero-order valence-electron chi connectivity index (χ0n) is 15.2. The van der Waals surface area contributed by atoms with Crippen LogP contribution in [-0.2, 0) is 10.2 Å². The lowest BCUT2D eigenvalue weighted by Crippen LogP contribution is -2.25. The highest BCUT2D eigenvalue weighted by Crippen LogP contribution is 2.23. The van der Waals surface area contributed by atoms with Gasteiger partial charge >= 0.3 is 5.97 Å². The first-order chi connectivity index (χ1) is 12.1. The van der Waals surface area contributed by atoms with E-state index < -0.39 is 17.0 Å². The van der Waals surface area contributed by atoms with Crippen LogP contribution >= 0.6 is 0 Å². The molecule has 0 saturated carbocycles. The van der Waals surface area contributed by atoms with Gasteiger partial charge in [-0.3, -0.25) is 14.9 Å². The molecule has 2 aromatic carbocycles. The lowest BCUT2D eigenvalue weighted by molar-refractivity contribution is -0.385. The lowest BCUT2D eigenvalue weighted by atomic mass is 9.86. The van der Waals surface area contributed by atoms with Crippen LogP contribution in [0.1, 0.15) is 54.0 Å². The van der Waals surface area contributed by atoms with Gasteiger partial charge < -0.3 is 4.74 Å². The maximum atomic E-state index is 12.5. The van der Waals surface area contributed by atoms with Crippen LogP contribution in [-0.4, -0.2) is 22.8 Å². The van der Waals surface area contributed by atoms with E-state index in [9.17, 15) is 19.7 Å². The van der Waals surface area contributed by atoms with Gasteiger partial charge in [0.25, 0.3) is 5.69 Å². The maximum Gasteiger partial charge on any atom is 0.345 e. The molecule has 2 rings (SSSR count). The minimum absolute atomic E-state index is 0.0358. The number of para-hydroxylation sites is 1. The number of benzene rings is 2. The molecule has 136 valence electrons. The summed E-state index contributed by atoms with van der Waals surface area (Å²) in [7, 11) is 0. The number of carbonyl (C=O) groups is 2. The number of nitro benzene ring substituents is 1. The molecule has 6 heteroatoms. The average molecular weight is 355 g/mol. The Bertz CT molecular complexity index is 834. The van der Waals surface area contributed by atoms with Crippen LogP contribution in [0.15, 0.2) is 48.5 Å². The Labute approximate surface area is 151 Å². The first kappa shape index (κ1) is 19.3. The molecule has 0 bridgehead atoms. The number of rotatable bonds is 5. The molecule has 0 aliphatic carbocycles. The van der Waals surface area contributed by atoms with Gasteiger partial charge in [-0.05, 0) is 24.0 Å². The first-order valence-electron chi connectivity index (χ1n) is 8.20. The van der Waals surface area contributed by atoms with E-state index >= 15 is 0 Å². The standard InChI is InChI=1S/C20H21NO5/c1-13(18(22)14-9-11-15(12-10-14)20(2,3)4)26-19(23)16-7-5-6-8-17(16)21(24)25/h5-13H,1-4H3. The van der Waals surface area contributed by atoms with Crippen molar-refractivity contribution >= 4 is 17.4 Å². The minimum atomic E-state index is -1.05.